The molecule has 0 saturated heterocycles. The van der Waals surface area contributed by atoms with Crippen molar-refractivity contribution in [3.05, 3.63) is 35.4 Å². The van der Waals surface area contributed by atoms with Crippen molar-refractivity contribution < 1.29 is 0 Å². The Morgan fingerprint density at radius 3 is 1.35 bits per heavy atom. The van der Waals surface area contributed by atoms with Gasteiger partial charge in [0.2, 0.25) is 0 Å². The third-order valence-electron chi connectivity index (χ3n) is 5.56. The lowest BCUT2D eigenvalue weighted by Gasteiger charge is -2.07. The number of aryl methyl sites for hydroxylation is 1. The summed E-state index contributed by atoms with van der Waals surface area (Å²) in [6.07, 6.45) is 24.3. The van der Waals surface area contributed by atoms with Crippen LogP contribution in [0.2, 0.25) is 0 Å². The average Bonchev–Trinajstić information content (AvgIpc) is 2.68. The molecule has 150 valence electrons. The second-order valence-corrected chi connectivity index (χ2v) is 8.52. The van der Waals surface area contributed by atoms with E-state index in [2.05, 4.69) is 47.1 Å². The molecule has 1 aromatic carbocycles. The van der Waals surface area contributed by atoms with Gasteiger partial charge in [-0.3, -0.25) is 0 Å². The Kier molecular flexibility index (Phi) is 16.5. The topological polar surface area (TPSA) is 0 Å². The van der Waals surface area contributed by atoms with Crippen LogP contribution in [0.5, 0.6) is 0 Å². The predicted molar refractivity (Wildman–Crippen MR) is 122 cm³/mol. The molecule has 0 aromatic heterocycles. The highest BCUT2D eigenvalue weighted by Gasteiger charge is 2.00. The Bertz CT molecular complexity index is 412. The van der Waals surface area contributed by atoms with Crippen LogP contribution in [0.25, 0.3) is 0 Å². The Balaban J connectivity index is 1.80. The van der Waals surface area contributed by atoms with Gasteiger partial charge in [0, 0.05) is 5.33 Å². The van der Waals surface area contributed by atoms with E-state index in [1.807, 2.05) is 0 Å². The largest absolute Gasteiger partial charge is 0.0876 e. The summed E-state index contributed by atoms with van der Waals surface area (Å²) >= 11 is 3.60. The Morgan fingerprint density at radius 1 is 0.538 bits per heavy atom. The minimum Gasteiger partial charge on any atom is -0.0876 e. The standard InChI is InChI=1S/C25H43Br/c1-2-3-4-5-6-7-8-9-10-11-12-13-14-15-16-17-20-24-21-18-19-22-25(24)23-26/h18-19,21-22H,2-17,20,23H2,1H3. The number of hydrogen-bond acceptors (Lipinski definition) is 0. The molecule has 0 unspecified atom stereocenters. The van der Waals surface area contributed by atoms with Gasteiger partial charge in [0.25, 0.3) is 0 Å². The van der Waals surface area contributed by atoms with E-state index in [1.165, 1.54) is 120 Å². The summed E-state index contributed by atoms with van der Waals surface area (Å²) in [5, 5.41) is 0.988. The number of rotatable bonds is 18. The Morgan fingerprint density at radius 2 is 0.923 bits per heavy atom. The van der Waals surface area contributed by atoms with Crippen LogP contribution in [0.15, 0.2) is 24.3 Å². The van der Waals surface area contributed by atoms with E-state index >= 15 is 0 Å². The Hall–Kier alpha value is -0.300. The molecule has 0 atom stereocenters. The number of unbranched alkanes of at least 4 members (excludes halogenated alkanes) is 15. The molecule has 1 aromatic rings. The van der Waals surface area contributed by atoms with E-state index in [0.717, 1.165) is 5.33 Å². The molecule has 26 heavy (non-hydrogen) atoms. The first-order valence-electron chi connectivity index (χ1n) is 11.5. The van der Waals surface area contributed by atoms with Crippen LogP contribution >= 0.6 is 15.9 Å². The van der Waals surface area contributed by atoms with Crippen molar-refractivity contribution in [1.29, 1.82) is 0 Å². The zero-order valence-electron chi connectivity index (χ0n) is 17.4. The van der Waals surface area contributed by atoms with Gasteiger partial charge in [0.1, 0.15) is 0 Å². The number of benzene rings is 1. The van der Waals surface area contributed by atoms with Gasteiger partial charge < -0.3 is 0 Å². The highest BCUT2D eigenvalue weighted by molar-refractivity contribution is 9.08. The summed E-state index contributed by atoms with van der Waals surface area (Å²) in [6, 6.07) is 8.86. The molecule has 1 rings (SSSR count). The fourth-order valence-corrected chi connectivity index (χ4v) is 4.34. The lowest BCUT2D eigenvalue weighted by molar-refractivity contribution is 0.529. The summed E-state index contributed by atoms with van der Waals surface area (Å²) in [5.74, 6) is 0. The first kappa shape index (κ1) is 23.7. The summed E-state index contributed by atoms with van der Waals surface area (Å²) in [7, 11) is 0. The van der Waals surface area contributed by atoms with Gasteiger partial charge in [-0.1, -0.05) is 143 Å². The van der Waals surface area contributed by atoms with E-state index in [9.17, 15) is 0 Å². The first-order chi connectivity index (χ1) is 12.9. The molecule has 0 aliphatic rings. The van der Waals surface area contributed by atoms with Crippen molar-refractivity contribution >= 4 is 15.9 Å². The maximum absolute atomic E-state index is 3.60. The number of halogens is 1. The van der Waals surface area contributed by atoms with Crippen LogP contribution in [-0.4, -0.2) is 0 Å². The maximum atomic E-state index is 3.60. The molecule has 0 N–H and O–H groups in total. The van der Waals surface area contributed by atoms with Crippen molar-refractivity contribution in [1.82, 2.24) is 0 Å². The van der Waals surface area contributed by atoms with Crippen LogP contribution in [0.4, 0.5) is 0 Å². The summed E-state index contributed by atoms with van der Waals surface area (Å²) in [5.41, 5.74) is 3.00. The number of alkyl halides is 1. The van der Waals surface area contributed by atoms with Crippen LogP contribution in [-0.2, 0) is 11.8 Å². The summed E-state index contributed by atoms with van der Waals surface area (Å²) in [6.45, 7) is 2.30. The molecular weight excluding hydrogens is 380 g/mol. The average molecular weight is 424 g/mol. The van der Waals surface area contributed by atoms with Crippen molar-refractivity contribution in [3.8, 4) is 0 Å². The molecule has 0 aliphatic heterocycles. The van der Waals surface area contributed by atoms with Gasteiger partial charge in [-0.05, 0) is 24.0 Å². The van der Waals surface area contributed by atoms with Crippen LogP contribution in [0.3, 0.4) is 0 Å². The molecule has 0 radical (unpaired) electrons. The van der Waals surface area contributed by atoms with E-state index in [0.29, 0.717) is 0 Å². The van der Waals surface area contributed by atoms with E-state index in [-0.39, 0.29) is 0 Å². The number of hydrogen-bond donors (Lipinski definition) is 0. The normalized spacial score (nSPS) is 11.2. The second kappa shape index (κ2) is 18.1. The maximum Gasteiger partial charge on any atom is 0.0285 e. The fourth-order valence-electron chi connectivity index (χ4n) is 3.80. The summed E-state index contributed by atoms with van der Waals surface area (Å²) in [4.78, 5) is 0. The first-order valence-corrected chi connectivity index (χ1v) is 12.6. The highest BCUT2D eigenvalue weighted by atomic mass is 79.9. The van der Waals surface area contributed by atoms with Crippen molar-refractivity contribution in [3.63, 3.8) is 0 Å². The van der Waals surface area contributed by atoms with Crippen LogP contribution in [0, 0.1) is 0 Å². The SMILES string of the molecule is CCCCCCCCCCCCCCCCCCc1ccccc1CBr. The second-order valence-electron chi connectivity index (χ2n) is 7.96. The van der Waals surface area contributed by atoms with Gasteiger partial charge in [-0.2, -0.15) is 0 Å². The van der Waals surface area contributed by atoms with Crippen LogP contribution in [0.1, 0.15) is 121 Å². The fraction of sp³-hybridized carbons (Fsp3) is 0.760. The third-order valence-corrected chi connectivity index (χ3v) is 6.17. The molecule has 0 nitrogen and oxygen atoms in total. The van der Waals surface area contributed by atoms with Crippen LogP contribution < -0.4 is 0 Å². The van der Waals surface area contributed by atoms with E-state index < -0.39 is 0 Å². The minimum absolute atomic E-state index is 0.988. The van der Waals surface area contributed by atoms with Gasteiger partial charge >= 0.3 is 0 Å². The molecule has 0 amide bonds. The third kappa shape index (κ3) is 13.0. The molecule has 0 heterocycles. The molecule has 0 spiro atoms. The van der Waals surface area contributed by atoms with Gasteiger partial charge in [-0.15, -0.1) is 0 Å². The molecule has 0 fully saturated rings. The smallest absolute Gasteiger partial charge is 0.0285 e. The van der Waals surface area contributed by atoms with Crippen molar-refractivity contribution in [2.45, 2.75) is 121 Å². The molecule has 0 bridgehead atoms. The molecular formula is C25H43Br. The van der Waals surface area contributed by atoms with E-state index in [4.69, 9.17) is 0 Å². The molecule has 0 saturated carbocycles. The van der Waals surface area contributed by atoms with Gasteiger partial charge in [0.15, 0.2) is 0 Å². The minimum atomic E-state index is 0.988. The lowest BCUT2D eigenvalue weighted by Crippen LogP contribution is -1.92. The quantitative estimate of drug-likeness (QED) is 0.163. The molecule has 0 aliphatic carbocycles. The van der Waals surface area contributed by atoms with Crippen molar-refractivity contribution in [2.24, 2.45) is 0 Å². The zero-order chi connectivity index (χ0) is 18.7. The van der Waals surface area contributed by atoms with Gasteiger partial charge in [-0.25, -0.2) is 0 Å². The monoisotopic (exact) mass is 422 g/mol. The molecule has 1 heteroatoms. The highest BCUT2D eigenvalue weighted by Crippen LogP contribution is 2.17. The van der Waals surface area contributed by atoms with Crippen molar-refractivity contribution in [2.75, 3.05) is 0 Å². The Labute approximate surface area is 172 Å². The summed E-state index contributed by atoms with van der Waals surface area (Å²) < 4.78 is 0. The van der Waals surface area contributed by atoms with E-state index in [1.54, 1.807) is 0 Å². The van der Waals surface area contributed by atoms with Gasteiger partial charge in [0.05, 0.1) is 0 Å². The predicted octanol–water partition coefficient (Wildman–Crippen LogP) is 9.39. The lowest BCUT2D eigenvalue weighted by atomic mass is 10.0. The zero-order valence-corrected chi connectivity index (χ0v) is 19.0.